The molecule has 5 atom stereocenters. The summed E-state index contributed by atoms with van der Waals surface area (Å²) in [6.07, 6.45) is 7.27. The summed E-state index contributed by atoms with van der Waals surface area (Å²) >= 11 is 3.28. The van der Waals surface area contributed by atoms with Crippen molar-refractivity contribution in [1.82, 2.24) is 9.88 Å². The smallest absolute Gasteiger partial charge is 0.305 e. The second kappa shape index (κ2) is 9.26. The lowest BCUT2D eigenvalue weighted by Gasteiger charge is -2.40. The Morgan fingerprint density at radius 3 is 2.76 bits per heavy atom. The number of piperidine rings is 1. The van der Waals surface area contributed by atoms with Gasteiger partial charge < -0.3 is 19.4 Å². The van der Waals surface area contributed by atoms with Crippen LogP contribution in [0.1, 0.15) is 61.8 Å². The van der Waals surface area contributed by atoms with Crippen molar-refractivity contribution >= 4 is 29.0 Å². The summed E-state index contributed by atoms with van der Waals surface area (Å²) in [6.45, 7) is 4.18. The molecule has 4 aliphatic rings. The summed E-state index contributed by atoms with van der Waals surface area (Å²) in [5.74, 6) is 3.61. The third-order valence-electron chi connectivity index (χ3n) is 8.15. The number of carbonyl (C=O) groups excluding carboxylic acids is 1. The Labute approximate surface area is 208 Å². The zero-order valence-electron chi connectivity index (χ0n) is 19.6. The Morgan fingerprint density at radius 1 is 1.12 bits per heavy atom. The van der Waals surface area contributed by atoms with Gasteiger partial charge in [-0.1, -0.05) is 17.4 Å². The van der Waals surface area contributed by atoms with Crippen molar-refractivity contribution in [3.05, 3.63) is 38.3 Å². The van der Waals surface area contributed by atoms with Crippen LogP contribution in [0.3, 0.4) is 0 Å². The van der Waals surface area contributed by atoms with Gasteiger partial charge in [-0.15, -0.1) is 11.8 Å². The van der Waals surface area contributed by atoms with Crippen molar-refractivity contribution in [2.24, 2.45) is 17.8 Å². The lowest BCUT2D eigenvalue weighted by molar-refractivity contribution is -0.134. The van der Waals surface area contributed by atoms with E-state index in [9.17, 15) is 9.59 Å². The second-order valence-corrected chi connectivity index (χ2v) is 12.3. The fraction of sp³-hybridized carbons (Fsp3) is 0.615. The van der Waals surface area contributed by atoms with Crippen molar-refractivity contribution in [1.29, 1.82) is 0 Å². The van der Waals surface area contributed by atoms with E-state index in [1.807, 2.05) is 29.7 Å². The maximum Gasteiger partial charge on any atom is 0.305 e. The quantitative estimate of drug-likeness (QED) is 0.612. The van der Waals surface area contributed by atoms with E-state index in [0.717, 1.165) is 42.8 Å². The largest absolute Gasteiger partial charge is 0.490 e. The number of nitrogens with one attached hydrogen (secondary N) is 1. The van der Waals surface area contributed by atoms with Gasteiger partial charge in [-0.3, -0.25) is 9.59 Å². The zero-order valence-corrected chi connectivity index (χ0v) is 21.2. The van der Waals surface area contributed by atoms with Gasteiger partial charge in [0.15, 0.2) is 18.1 Å². The van der Waals surface area contributed by atoms with Crippen LogP contribution in [-0.4, -0.2) is 47.3 Å². The molecule has 1 saturated heterocycles. The molecule has 4 unspecified atom stereocenters. The number of thioether (sulfide) groups is 1. The maximum atomic E-state index is 12.6. The fourth-order valence-corrected chi connectivity index (χ4v) is 9.60. The number of amides is 1. The second-order valence-electron chi connectivity index (χ2n) is 10.0. The summed E-state index contributed by atoms with van der Waals surface area (Å²) in [5, 5.41) is 1.65. The average molecular weight is 501 g/mol. The van der Waals surface area contributed by atoms with Gasteiger partial charge in [0.2, 0.25) is 0 Å². The van der Waals surface area contributed by atoms with Gasteiger partial charge in [-0.2, -0.15) is 0 Å². The first-order valence-electron chi connectivity index (χ1n) is 12.7. The fourth-order valence-electron chi connectivity index (χ4n) is 6.70. The van der Waals surface area contributed by atoms with Crippen LogP contribution in [0.4, 0.5) is 0 Å². The molecule has 2 bridgehead atoms. The van der Waals surface area contributed by atoms with Crippen molar-refractivity contribution in [2.75, 3.05) is 26.3 Å². The van der Waals surface area contributed by atoms with Crippen molar-refractivity contribution < 1.29 is 14.3 Å². The molecule has 3 heterocycles. The van der Waals surface area contributed by atoms with E-state index in [-0.39, 0.29) is 23.3 Å². The monoisotopic (exact) mass is 500 g/mol. The van der Waals surface area contributed by atoms with Gasteiger partial charge in [0.25, 0.3) is 5.91 Å². The van der Waals surface area contributed by atoms with Crippen LogP contribution in [0, 0.1) is 17.8 Å². The number of hydrogen-bond donors (Lipinski definition) is 1. The van der Waals surface area contributed by atoms with Crippen molar-refractivity contribution in [3.63, 3.8) is 0 Å². The van der Waals surface area contributed by atoms with Crippen LogP contribution < -0.4 is 14.3 Å². The van der Waals surface area contributed by atoms with E-state index in [0.29, 0.717) is 29.3 Å². The maximum absolute atomic E-state index is 12.6. The highest BCUT2D eigenvalue weighted by Crippen LogP contribution is 2.63. The number of aromatic nitrogens is 1. The van der Waals surface area contributed by atoms with Gasteiger partial charge in [0.1, 0.15) is 0 Å². The summed E-state index contributed by atoms with van der Waals surface area (Å²) in [4.78, 5) is 31.2. The molecule has 1 amide bonds. The number of fused-ring (bicyclic) bond motifs is 6. The van der Waals surface area contributed by atoms with Crippen LogP contribution in [0.25, 0.3) is 0 Å². The molecule has 0 spiro atoms. The van der Waals surface area contributed by atoms with E-state index >= 15 is 0 Å². The first kappa shape index (κ1) is 22.5. The number of benzene rings is 1. The Hall–Kier alpha value is -1.93. The lowest BCUT2D eigenvalue weighted by Crippen LogP contribution is -2.38. The number of thiazole rings is 1. The van der Waals surface area contributed by atoms with Crippen LogP contribution in [0.15, 0.2) is 28.0 Å². The van der Waals surface area contributed by atoms with E-state index in [1.54, 1.807) is 0 Å². The van der Waals surface area contributed by atoms with Crippen molar-refractivity contribution in [2.45, 2.75) is 61.6 Å². The van der Waals surface area contributed by atoms with E-state index in [1.165, 1.54) is 47.5 Å². The van der Waals surface area contributed by atoms with E-state index < -0.39 is 0 Å². The standard InChI is InChI=1S/C26H32N2O4S2/c1-2-31-19-13-16(8-9-18(19)32-14-20(29)28-10-4-3-5-11-28)22-21-15-6-7-17(12-15)23(21)33-25-24(22)34-26(30)27-25/h8-9,13,15,17,21-23H,2-7,10-12,14H2,1H3,(H,27,30)/t15?,17?,21?,22-,23?/m1/s1. The molecule has 2 aromatic rings. The molecule has 0 radical (unpaired) electrons. The highest BCUT2D eigenvalue weighted by molar-refractivity contribution is 8.00. The Morgan fingerprint density at radius 2 is 1.94 bits per heavy atom. The first-order chi connectivity index (χ1) is 16.6. The molecule has 1 aromatic heterocycles. The molecule has 6 rings (SSSR count). The Kier molecular flexibility index (Phi) is 6.14. The molecule has 1 N–H and O–H groups in total. The minimum absolute atomic E-state index is 0.0380. The molecule has 2 saturated carbocycles. The van der Waals surface area contributed by atoms with E-state index in [2.05, 4.69) is 17.1 Å². The summed E-state index contributed by atoms with van der Waals surface area (Å²) in [6, 6.07) is 6.19. The number of nitrogens with zero attached hydrogens (tertiary/aromatic N) is 1. The molecular formula is C26H32N2O4S2. The highest BCUT2D eigenvalue weighted by atomic mass is 32.2. The Balaban J connectivity index is 1.29. The normalized spacial score (nSPS) is 29.6. The third kappa shape index (κ3) is 3.96. The lowest BCUT2D eigenvalue weighted by atomic mass is 9.75. The molecule has 2 aliphatic heterocycles. The zero-order chi connectivity index (χ0) is 23.2. The number of likely N-dealkylation sites (tertiary alicyclic amines) is 1. The molecule has 182 valence electrons. The first-order valence-corrected chi connectivity index (χ1v) is 14.4. The molecule has 6 nitrogen and oxygen atoms in total. The molecule has 3 fully saturated rings. The summed E-state index contributed by atoms with van der Waals surface area (Å²) in [5.41, 5.74) is 1.19. The minimum atomic E-state index is 0.0380. The SMILES string of the molecule is CCOc1cc([C@H]2c3sc(=O)[nH]c3SC3C4CCC(C4)C32)ccc1OCC(=O)N1CCCCC1. The van der Waals surface area contributed by atoms with Crippen LogP contribution >= 0.6 is 23.1 Å². The van der Waals surface area contributed by atoms with Crippen LogP contribution in [0.5, 0.6) is 11.5 Å². The summed E-state index contributed by atoms with van der Waals surface area (Å²) < 4.78 is 12.0. The average Bonchev–Trinajstić information content (AvgIpc) is 3.56. The summed E-state index contributed by atoms with van der Waals surface area (Å²) in [7, 11) is 0. The van der Waals surface area contributed by atoms with Gasteiger partial charge in [-0.05, 0) is 80.9 Å². The molecule has 34 heavy (non-hydrogen) atoms. The third-order valence-corrected chi connectivity index (χ3v) is 10.8. The predicted octanol–water partition coefficient (Wildman–Crippen LogP) is 4.88. The number of H-pyrrole nitrogens is 1. The number of rotatable bonds is 6. The molecule has 2 aliphatic carbocycles. The molecular weight excluding hydrogens is 468 g/mol. The van der Waals surface area contributed by atoms with Crippen LogP contribution in [-0.2, 0) is 4.79 Å². The van der Waals surface area contributed by atoms with Gasteiger partial charge in [-0.25, -0.2) is 0 Å². The molecule has 1 aromatic carbocycles. The van der Waals surface area contributed by atoms with Gasteiger partial charge in [0.05, 0.1) is 11.6 Å². The topological polar surface area (TPSA) is 71.6 Å². The number of hydrogen-bond acceptors (Lipinski definition) is 6. The van der Waals surface area contributed by atoms with Gasteiger partial charge in [0, 0.05) is 29.1 Å². The Bertz CT molecular complexity index is 1120. The number of carbonyl (C=O) groups is 1. The van der Waals surface area contributed by atoms with E-state index in [4.69, 9.17) is 9.47 Å². The van der Waals surface area contributed by atoms with Gasteiger partial charge >= 0.3 is 4.87 Å². The van der Waals surface area contributed by atoms with Crippen molar-refractivity contribution in [3.8, 4) is 11.5 Å². The van der Waals surface area contributed by atoms with Crippen LogP contribution in [0.2, 0.25) is 0 Å². The molecule has 8 heteroatoms. The number of ether oxygens (including phenoxy) is 2. The minimum Gasteiger partial charge on any atom is -0.490 e. The number of aromatic amines is 1. The highest BCUT2D eigenvalue weighted by Gasteiger charge is 2.54. The predicted molar refractivity (Wildman–Crippen MR) is 134 cm³/mol.